The van der Waals surface area contributed by atoms with Crippen molar-refractivity contribution in [3.63, 3.8) is 0 Å². The Morgan fingerprint density at radius 2 is 1.83 bits per heavy atom. The second-order valence-electron chi connectivity index (χ2n) is 7.52. The topological polar surface area (TPSA) is 82.1 Å². The van der Waals surface area contributed by atoms with Gasteiger partial charge in [-0.1, -0.05) is 48.0 Å². The van der Waals surface area contributed by atoms with Crippen molar-refractivity contribution >= 4 is 40.3 Å². The third-order valence-corrected chi connectivity index (χ3v) is 6.35. The first-order valence-electron chi connectivity index (χ1n) is 9.57. The molecule has 4 rings (SSSR count). The molecule has 0 fully saturated rings. The molecule has 0 saturated carbocycles. The number of nitrogens with one attached hydrogen (secondary N) is 1. The third-order valence-electron chi connectivity index (χ3n) is 5.11. The fourth-order valence-corrected chi connectivity index (χ4v) is 5.37. The van der Waals surface area contributed by atoms with Crippen LogP contribution < -0.4 is 10.2 Å². The van der Waals surface area contributed by atoms with Gasteiger partial charge in [-0.25, -0.2) is 0 Å². The van der Waals surface area contributed by atoms with Gasteiger partial charge in [-0.3, -0.25) is 14.4 Å². The van der Waals surface area contributed by atoms with Crippen LogP contribution in [0.25, 0.3) is 0 Å². The molecule has 2 aromatic carbocycles. The van der Waals surface area contributed by atoms with Crippen LogP contribution in [0.1, 0.15) is 36.1 Å². The zero-order valence-corrected chi connectivity index (χ0v) is 18.0. The highest BCUT2D eigenvalue weighted by Crippen LogP contribution is 2.55. The SMILES string of the molecule is CC(=O)NC1=NN(C(C)=O)[C@]2(S1)C(=O)N(Cc1ccccc1)c1c(C)cc(C)cc12. The molecule has 0 unspecified atom stereocenters. The molecule has 30 heavy (non-hydrogen) atoms. The van der Waals surface area contributed by atoms with Crippen molar-refractivity contribution < 1.29 is 14.4 Å². The summed E-state index contributed by atoms with van der Waals surface area (Å²) in [6.45, 7) is 7.03. The molecule has 0 aromatic heterocycles. The van der Waals surface area contributed by atoms with E-state index in [2.05, 4.69) is 10.4 Å². The van der Waals surface area contributed by atoms with Crippen LogP contribution in [0.5, 0.6) is 0 Å². The van der Waals surface area contributed by atoms with Gasteiger partial charge >= 0.3 is 0 Å². The van der Waals surface area contributed by atoms with Crippen LogP contribution in [0.3, 0.4) is 0 Å². The number of amidine groups is 1. The molecule has 0 radical (unpaired) electrons. The van der Waals surface area contributed by atoms with E-state index in [1.807, 2.05) is 56.3 Å². The van der Waals surface area contributed by atoms with Gasteiger partial charge in [0.1, 0.15) is 0 Å². The smallest absolute Gasteiger partial charge is 0.271 e. The molecule has 2 heterocycles. The van der Waals surface area contributed by atoms with Gasteiger partial charge in [-0.05, 0) is 36.7 Å². The first kappa shape index (κ1) is 20.2. The van der Waals surface area contributed by atoms with E-state index < -0.39 is 4.87 Å². The molecule has 2 aromatic rings. The van der Waals surface area contributed by atoms with Crippen LogP contribution in [0, 0.1) is 13.8 Å². The Bertz CT molecular complexity index is 1100. The number of carbonyl (C=O) groups is 3. The molecule has 0 saturated heterocycles. The van der Waals surface area contributed by atoms with Gasteiger partial charge in [0.15, 0.2) is 5.17 Å². The summed E-state index contributed by atoms with van der Waals surface area (Å²) in [6, 6.07) is 13.7. The molecular formula is C22H22N4O3S. The number of nitrogens with zero attached hydrogens (tertiary/aromatic N) is 3. The number of hydrogen-bond acceptors (Lipinski definition) is 5. The lowest BCUT2D eigenvalue weighted by Gasteiger charge is -2.29. The van der Waals surface area contributed by atoms with Gasteiger partial charge < -0.3 is 10.2 Å². The van der Waals surface area contributed by atoms with Crippen molar-refractivity contribution in [3.05, 3.63) is 64.7 Å². The Balaban J connectivity index is 1.88. The fourth-order valence-electron chi connectivity index (χ4n) is 4.05. The Morgan fingerprint density at radius 3 is 2.47 bits per heavy atom. The van der Waals surface area contributed by atoms with E-state index in [1.165, 1.54) is 18.9 Å². The molecule has 2 aliphatic heterocycles. The lowest BCUT2D eigenvalue weighted by Crippen LogP contribution is -2.48. The lowest BCUT2D eigenvalue weighted by atomic mass is 10.0. The Hall–Kier alpha value is -3.13. The Labute approximate surface area is 179 Å². The number of carbonyl (C=O) groups excluding carboxylic acids is 3. The number of aryl methyl sites for hydroxylation is 2. The summed E-state index contributed by atoms with van der Waals surface area (Å²) >= 11 is 1.10. The molecule has 1 spiro atoms. The van der Waals surface area contributed by atoms with Crippen molar-refractivity contribution in [3.8, 4) is 0 Å². The molecule has 0 aliphatic carbocycles. The minimum absolute atomic E-state index is 0.234. The maximum atomic E-state index is 13.9. The number of anilines is 1. The van der Waals surface area contributed by atoms with Crippen LogP contribution in [0.4, 0.5) is 5.69 Å². The molecule has 2 aliphatic rings. The van der Waals surface area contributed by atoms with Crippen molar-refractivity contribution in [2.75, 3.05) is 4.90 Å². The maximum absolute atomic E-state index is 13.9. The van der Waals surface area contributed by atoms with Crippen LogP contribution in [-0.2, 0) is 25.8 Å². The standard InChI is InChI=1S/C22H22N4O3S/c1-13-10-14(2)19-18(11-13)22(20(29)25(19)12-17-8-6-5-7-9-17)26(16(4)28)24-21(30-22)23-15(3)27/h5-11H,12H2,1-4H3,(H,23,24,27)/t22-/m1/s1. The normalized spacial score (nSPS) is 19.9. The summed E-state index contributed by atoms with van der Waals surface area (Å²) in [5.41, 5.74) is 4.41. The zero-order valence-electron chi connectivity index (χ0n) is 17.2. The van der Waals surface area contributed by atoms with Gasteiger partial charge in [0.05, 0.1) is 12.2 Å². The average Bonchev–Trinajstić information content (AvgIpc) is 3.15. The Morgan fingerprint density at radius 1 is 1.13 bits per heavy atom. The predicted octanol–water partition coefficient (Wildman–Crippen LogP) is 3.01. The molecule has 8 heteroatoms. The third kappa shape index (κ3) is 3.08. The molecule has 1 N–H and O–H groups in total. The van der Waals surface area contributed by atoms with Gasteiger partial charge in [-0.2, -0.15) is 5.01 Å². The lowest BCUT2D eigenvalue weighted by molar-refractivity contribution is -0.139. The maximum Gasteiger partial charge on any atom is 0.271 e. The van der Waals surface area contributed by atoms with Crippen LogP contribution in [0.2, 0.25) is 0 Å². The van der Waals surface area contributed by atoms with Gasteiger partial charge in [0, 0.05) is 19.4 Å². The molecule has 3 amide bonds. The van der Waals surface area contributed by atoms with Gasteiger partial charge in [0.25, 0.3) is 5.91 Å². The Kier molecular flexibility index (Phi) is 4.89. The minimum atomic E-state index is -1.37. The molecular weight excluding hydrogens is 400 g/mol. The number of amides is 3. The summed E-state index contributed by atoms with van der Waals surface area (Å²) in [5, 5.41) is 8.37. The number of fused-ring (bicyclic) bond motifs is 2. The summed E-state index contributed by atoms with van der Waals surface area (Å²) in [6.07, 6.45) is 0. The van der Waals surface area contributed by atoms with E-state index in [0.29, 0.717) is 12.1 Å². The highest BCUT2D eigenvalue weighted by Gasteiger charge is 2.61. The van der Waals surface area contributed by atoms with Crippen LogP contribution in [-0.4, -0.2) is 27.9 Å². The summed E-state index contributed by atoms with van der Waals surface area (Å²) in [7, 11) is 0. The number of rotatable bonds is 2. The van der Waals surface area contributed by atoms with E-state index in [-0.39, 0.29) is 22.9 Å². The van der Waals surface area contributed by atoms with E-state index >= 15 is 0 Å². The van der Waals surface area contributed by atoms with E-state index in [4.69, 9.17) is 0 Å². The predicted molar refractivity (Wildman–Crippen MR) is 117 cm³/mol. The van der Waals surface area contributed by atoms with Crippen molar-refractivity contribution in [2.24, 2.45) is 5.10 Å². The number of benzene rings is 2. The van der Waals surface area contributed by atoms with Gasteiger partial charge in [-0.15, -0.1) is 5.10 Å². The second-order valence-corrected chi connectivity index (χ2v) is 8.70. The molecule has 0 bridgehead atoms. The first-order valence-corrected chi connectivity index (χ1v) is 10.4. The van der Waals surface area contributed by atoms with Gasteiger partial charge in [0.2, 0.25) is 16.7 Å². The quantitative estimate of drug-likeness (QED) is 0.807. The first-order chi connectivity index (χ1) is 14.2. The molecule has 7 nitrogen and oxygen atoms in total. The largest absolute Gasteiger partial charge is 0.304 e. The second kappa shape index (κ2) is 7.28. The fraction of sp³-hybridized carbons (Fsp3) is 0.273. The summed E-state index contributed by atoms with van der Waals surface area (Å²) in [5.74, 6) is -0.934. The zero-order chi connectivity index (χ0) is 21.6. The number of hydrogen-bond donors (Lipinski definition) is 1. The summed E-state index contributed by atoms with van der Waals surface area (Å²) < 4.78 is 0. The van der Waals surface area contributed by atoms with Crippen LogP contribution in [0.15, 0.2) is 47.6 Å². The van der Waals surface area contributed by atoms with Crippen molar-refractivity contribution in [1.29, 1.82) is 0 Å². The highest BCUT2D eigenvalue weighted by molar-refractivity contribution is 8.15. The van der Waals surface area contributed by atoms with Crippen molar-refractivity contribution in [1.82, 2.24) is 10.3 Å². The summed E-state index contributed by atoms with van der Waals surface area (Å²) in [4.78, 5) is 38.4. The number of hydrazone groups is 1. The highest BCUT2D eigenvalue weighted by atomic mass is 32.2. The van der Waals surface area contributed by atoms with Crippen LogP contribution >= 0.6 is 11.8 Å². The number of thioether (sulfide) groups is 1. The van der Waals surface area contributed by atoms with E-state index in [9.17, 15) is 14.4 Å². The average molecular weight is 423 g/mol. The molecule has 1 atom stereocenters. The van der Waals surface area contributed by atoms with E-state index in [0.717, 1.165) is 34.1 Å². The molecule has 154 valence electrons. The van der Waals surface area contributed by atoms with E-state index in [1.54, 1.807) is 4.90 Å². The monoisotopic (exact) mass is 422 g/mol. The van der Waals surface area contributed by atoms with Crippen molar-refractivity contribution in [2.45, 2.75) is 39.1 Å². The minimum Gasteiger partial charge on any atom is -0.304 e.